The van der Waals surface area contributed by atoms with E-state index in [1.807, 2.05) is 24.3 Å². The van der Waals surface area contributed by atoms with Gasteiger partial charge in [-0.25, -0.2) is 0 Å². The molecule has 0 aliphatic carbocycles. The minimum atomic E-state index is -0.452. The van der Waals surface area contributed by atoms with Gasteiger partial charge in [0.25, 0.3) is 11.6 Å². The SMILES string of the molecule is N#Cc1ccccc1-c1ccccc1C(=O)NCCNc1ccc([N+](=O)[O-])cc1. The monoisotopic (exact) mass is 386 g/mol. The van der Waals surface area contributed by atoms with Gasteiger partial charge in [0, 0.05) is 42.0 Å². The number of nitrogens with zero attached hydrogens (tertiary/aromatic N) is 2. The topological polar surface area (TPSA) is 108 Å². The zero-order chi connectivity index (χ0) is 20.6. The summed E-state index contributed by atoms with van der Waals surface area (Å²) in [5.74, 6) is -0.237. The summed E-state index contributed by atoms with van der Waals surface area (Å²) < 4.78 is 0. The second-order valence-electron chi connectivity index (χ2n) is 6.19. The molecular weight excluding hydrogens is 368 g/mol. The summed E-state index contributed by atoms with van der Waals surface area (Å²) in [5.41, 5.74) is 3.17. The zero-order valence-electron chi connectivity index (χ0n) is 15.5. The maximum atomic E-state index is 12.7. The van der Waals surface area contributed by atoms with Crippen LogP contribution in [0.15, 0.2) is 72.8 Å². The van der Waals surface area contributed by atoms with Crippen LogP contribution in [-0.2, 0) is 0 Å². The molecule has 0 radical (unpaired) electrons. The molecule has 144 valence electrons. The predicted molar refractivity (Wildman–Crippen MR) is 111 cm³/mol. The summed E-state index contributed by atoms with van der Waals surface area (Å²) in [6.07, 6.45) is 0. The number of amides is 1. The Balaban J connectivity index is 1.63. The van der Waals surface area contributed by atoms with Gasteiger partial charge in [-0.2, -0.15) is 5.26 Å². The van der Waals surface area contributed by atoms with Crippen molar-refractivity contribution in [1.29, 1.82) is 5.26 Å². The zero-order valence-corrected chi connectivity index (χ0v) is 15.5. The highest BCUT2D eigenvalue weighted by Crippen LogP contribution is 2.26. The number of benzene rings is 3. The van der Waals surface area contributed by atoms with Gasteiger partial charge in [-0.3, -0.25) is 14.9 Å². The molecular formula is C22H18N4O3. The van der Waals surface area contributed by atoms with Crippen molar-refractivity contribution in [2.75, 3.05) is 18.4 Å². The number of carbonyl (C=O) groups is 1. The maximum Gasteiger partial charge on any atom is 0.269 e. The molecule has 0 saturated carbocycles. The van der Waals surface area contributed by atoms with Crippen molar-refractivity contribution in [2.45, 2.75) is 0 Å². The van der Waals surface area contributed by atoms with E-state index < -0.39 is 4.92 Å². The molecule has 0 unspecified atom stereocenters. The Morgan fingerprint density at radius 3 is 2.28 bits per heavy atom. The lowest BCUT2D eigenvalue weighted by Crippen LogP contribution is -2.29. The van der Waals surface area contributed by atoms with Gasteiger partial charge >= 0.3 is 0 Å². The maximum absolute atomic E-state index is 12.7. The van der Waals surface area contributed by atoms with E-state index in [-0.39, 0.29) is 11.6 Å². The van der Waals surface area contributed by atoms with Crippen molar-refractivity contribution < 1.29 is 9.72 Å². The first kappa shape index (κ1) is 19.6. The lowest BCUT2D eigenvalue weighted by molar-refractivity contribution is -0.384. The Labute approximate surface area is 167 Å². The molecule has 0 fully saturated rings. The molecule has 0 saturated heterocycles. The summed E-state index contributed by atoms with van der Waals surface area (Å²) in [7, 11) is 0. The summed E-state index contributed by atoms with van der Waals surface area (Å²) in [6, 6.07) is 22.6. The Morgan fingerprint density at radius 2 is 1.59 bits per heavy atom. The summed E-state index contributed by atoms with van der Waals surface area (Å²) in [6.45, 7) is 0.824. The first-order chi connectivity index (χ1) is 14.1. The van der Waals surface area contributed by atoms with E-state index in [0.29, 0.717) is 35.3 Å². The quantitative estimate of drug-likeness (QED) is 0.363. The Morgan fingerprint density at radius 1 is 0.931 bits per heavy atom. The highest BCUT2D eigenvalue weighted by atomic mass is 16.6. The number of nitriles is 1. The van der Waals surface area contributed by atoms with Crippen LogP contribution < -0.4 is 10.6 Å². The second kappa shape index (κ2) is 9.15. The molecule has 3 rings (SSSR count). The average molecular weight is 386 g/mol. The van der Waals surface area contributed by atoms with Crippen molar-refractivity contribution in [1.82, 2.24) is 5.32 Å². The van der Waals surface area contributed by atoms with E-state index in [1.54, 1.807) is 36.4 Å². The standard InChI is InChI=1S/C22H18N4O3/c23-15-16-5-1-2-6-19(16)20-7-3-4-8-21(20)22(27)25-14-13-24-17-9-11-18(12-10-17)26(28)29/h1-12,24H,13-14H2,(H,25,27). The number of rotatable bonds is 7. The number of anilines is 1. The molecule has 0 spiro atoms. The lowest BCUT2D eigenvalue weighted by Gasteiger charge is -2.12. The number of nitro groups is 1. The molecule has 7 nitrogen and oxygen atoms in total. The van der Waals surface area contributed by atoms with E-state index in [1.165, 1.54) is 12.1 Å². The summed E-state index contributed by atoms with van der Waals surface area (Å²) in [5, 5.41) is 26.0. The molecule has 3 aromatic carbocycles. The van der Waals surface area contributed by atoms with E-state index >= 15 is 0 Å². The van der Waals surface area contributed by atoms with Crippen molar-refractivity contribution in [2.24, 2.45) is 0 Å². The van der Waals surface area contributed by atoms with Crippen LogP contribution in [0.4, 0.5) is 11.4 Å². The van der Waals surface area contributed by atoms with Gasteiger partial charge in [0.2, 0.25) is 0 Å². The Bertz CT molecular complexity index is 1070. The van der Waals surface area contributed by atoms with Crippen molar-refractivity contribution in [3.05, 3.63) is 94.0 Å². The molecule has 0 heterocycles. The van der Waals surface area contributed by atoms with E-state index in [2.05, 4.69) is 16.7 Å². The fourth-order valence-corrected chi connectivity index (χ4v) is 2.91. The number of nitrogens with one attached hydrogen (secondary N) is 2. The van der Waals surface area contributed by atoms with Gasteiger partial charge < -0.3 is 10.6 Å². The van der Waals surface area contributed by atoms with Crippen LogP contribution in [0.2, 0.25) is 0 Å². The molecule has 0 aromatic heterocycles. The first-order valence-corrected chi connectivity index (χ1v) is 8.95. The Hall–Kier alpha value is -4.18. The first-order valence-electron chi connectivity index (χ1n) is 8.95. The molecule has 7 heteroatoms. The average Bonchev–Trinajstić information content (AvgIpc) is 2.76. The van der Waals surface area contributed by atoms with E-state index in [4.69, 9.17) is 0 Å². The molecule has 0 aliphatic heterocycles. The van der Waals surface area contributed by atoms with Crippen LogP contribution in [-0.4, -0.2) is 23.9 Å². The van der Waals surface area contributed by atoms with Crippen LogP contribution in [0.5, 0.6) is 0 Å². The van der Waals surface area contributed by atoms with E-state index in [0.717, 1.165) is 5.69 Å². The van der Waals surface area contributed by atoms with Crippen molar-refractivity contribution in [3.8, 4) is 17.2 Å². The van der Waals surface area contributed by atoms with Crippen LogP contribution >= 0.6 is 0 Å². The molecule has 2 N–H and O–H groups in total. The van der Waals surface area contributed by atoms with Gasteiger partial charge in [0.15, 0.2) is 0 Å². The van der Waals surface area contributed by atoms with Crippen molar-refractivity contribution in [3.63, 3.8) is 0 Å². The summed E-state index contributed by atoms with van der Waals surface area (Å²) >= 11 is 0. The van der Waals surface area contributed by atoms with Gasteiger partial charge in [0.1, 0.15) is 0 Å². The third kappa shape index (κ3) is 4.76. The number of nitro benzene ring substituents is 1. The molecule has 29 heavy (non-hydrogen) atoms. The van der Waals surface area contributed by atoms with Crippen molar-refractivity contribution >= 4 is 17.3 Å². The summed E-state index contributed by atoms with van der Waals surface area (Å²) in [4.78, 5) is 22.9. The van der Waals surface area contributed by atoms with Crippen LogP contribution in [0, 0.1) is 21.4 Å². The fourth-order valence-electron chi connectivity index (χ4n) is 2.91. The minimum absolute atomic E-state index is 0.0260. The molecule has 0 aliphatic rings. The second-order valence-corrected chi connectivity index (χ2v) is 6.19. The highest BCUT2D eigenvalue weighted by molar-refractivity contribution is 6.01. The van der Waals surface area contributed by atoms with Gasteiger partial charge in [-0.15, -0.1) is 0 Å². The van der Waals surface area contributed by atoms with E-state index in [9.17, 15) is 20.2 Å². The highest BCUT2D eigenvalue weighted by Gasteiger charge is 2.14. The van der Waals surface area contributed by atoms with Gasteiger partial charge in [-0.1, -0.05) is 36.4 Å². The largest absolute Gasteiger partial charge is 0.383 e. The predicted octanol–water partition coefficient (Wildman–Crippen LogP) is 3.98. The smallest absolute Gasteiger partial charge is 0.269 e. The molecule has 1 amide bonds. The van der Waals surface area contributed by atoms with Gasteiger partial charge in [0.05, 0.1) is 16.6 Å². The molecule has 0 atom stereocenters. The minimum Gasteiger partial charge on any atom is -0.383 e. The number of carbonyl (C=O) groups excluding carboxylic acids is 1. The normalized spacial score (nSPS) is 10.0. The van der Waals surface area contributed by atoms with Crippen LogP contribution in [0.1, 0.15) is 15.9 Å². The third-order valence-electron chi connectivity index (χ3n) is 4.33. The number of hydrogen-bond donors (Lipinski definition) is 2. The van der Waals surface area contributed by atoms with Crippen LogP contribution in [0.3, 0.4) is 0 Å². The third-order valence-corrected chi connectivity index (χ3v) is 4.33. The number of hydrogen-bond acceptors (Lipinski definition) is 5. The number of non-ortho nitro benzene ring substituents is 1. The molecule has 0 bridgehead atoms. The Kier molecular flexibility index (Phi) is 6.18. The molecule has 3 aromatic rings. The lowest BCUT2D eigenvalue weighted by atomic mass is 9.95. The fraction of sp³-hybridized carbons (Fsp3) is 0.0909. The van der Waals surface area contributed by atoms with Crippen LogP contribution in [0.25, 0.3) is 11.1 Å². The van der Waals surface area contributed by atoms with Gasteiger partial charge in [-0.05, 0) is 29.8 Å².